The summed E-state index contributed by atoms with van der Waals surface area (Å²) < 4.78 is 10.6. The third kappa shape index (κ3) is 3.29. The molecule has 0 aliphatic carbocycles. The average molecular weight is 280 g/mol. The molecule has 100 valence electrons. The Morgan fingerprint density at radius 2 is 1.74 bits per heavy atom. The summed E-state index contributed by atoms with van der Waals surface area (Å²) >= 11 is 5.62. The molecule has 0 aliphatic rings. The molecule has 0 saturated heterocycles. The lowest BCUT2D eigenvalue weighted by molar-refractivity contribution is 0.211. The quantitative estimate of drug-likeness (QED) is 0.675. The molecule has 2 aromatic carbocycles. The molecule has 2 aromatic rings. The molecule has 0 radical (unpaired) electrons. The molecule has 0 fully saturated rings. The van der Waals surface area contributed by atoms with E-state index in [0.29, 0.717) is 18.2 Å². The van der Waals surface area contributed by atoms with E-state index < -0.39 is 6.09 Å². The lowest BCUT2D eigenvalue weighted by atomic mass is 10.1. The number of halogens is 1. The minimum atomic E-state index is -0.832. The SMILES string of the molecule is NC(=O)Oc1ccc(OCCCCl)c2ccccc12. The molecule has 0 saturated carbocycles. The highest BCUT2D eigenvalue weighted by atomic mass is 35.5. The number of hydrogen-bond donors (Lipinski definition) is 1. The van der Waals surface area contributed by atoms with Crippen molar-refractivity contribution in [1.29, 1.82) is 0 Å². The first kappa shape index (κ1) is 13.5. The minimum absolute atomic E-state index is 0.424. The zero-order valence-electron chi connectivity index (χ0n) is 10.3. The smallest absolute Gasteiger partial charge is 0.409 e. The third-order valence-corrected chi connectivity index (χ3v) is 2.86. The third-order valence-electron chi connectivity index (χ3n) is 2.59. The van der Waals surface area contributed by atoms with Gasteiger partial charge in [-0.1, -0.05) is 24.3 Å². The van der Waals surface area contributed by atoms with E-state index in [9.17, 15) is 4.79 Å². The fourth-order valence-electron chi connectivity index (χ4n) is 1.80. The first-order valence-corrected chi connectivity index (χ1v) is 6.43. The van der Waals surface area contributed by atoms with Gasteiger partial charge in [0, 0.05) is 16.7 Å². The van der Waals surface area contributed by atoms with Gasteiger partial charge in [0.15, 0.2) is 0 Å². The Morgan fingerprint density at radius 3 is 2.37 bits per heavy atom. The Bertz CT molecular complexity index is 586. The van der Waals surface area contributed by atoms with Gasteiger partial charge in [-0.3, -0.25) is 0 Å². The van der Waals surface area contributed by atoms with Crippen molar-refractivity contribution in [3.63, 3.8) is 0 Å². The van der Waals surface area contributed by atoms with Crippen LogP contribution in [0.5, 0.6) is 11.5 Å². The van der Waals surface area contributed by atoms with E-state index in [0.717, 1.165) is 22.9 Å². The molecular weight excluding hydrogens is 266 g/mol. The first-order chi connectivity index (χ1) is 9.22. The number of nitrogens with two attached hydrogens (primary N) is 1. The predicted molar refractivity (Wildman–Crippen MR) is 75.0 cm³/mol. The fraction of sp³-hybridized carbons (Fsp3) is 0.214. The molecule has 2 rings (SSSR count). The van der Waals surface area contributed by atoms with Crippen molar-refractivity contribution >= 4 is 28.5 Å². The number of amides is 1. The van der Waals surface area contributed by atoms with E-state index in [1.54, 1.807) is 12.1 Å². The summed E-state index contributed by atoms with van der Waals surface area (Å²) in [4.78, 5) is 10.9. The molecule has 0 heterocycles. The van der Waals surface area contributed by atoms with E-state index >= 15 is 0 Å². The van der Waals surface area contributed by atoms with Gasteiger partial charge in [0.05, 0.1) is 6.61 Å². The van der Waals surface area contributed by atoms with E-state index in [-0.39, 0.29) is 0 Å². The molecule has 4 nitrogen and oxygen atoms in total. The number of benzene rings is 2. The molecule has 0 bridgehead atoms. The monoisotopic (exact) mass is 279 g/mol. The molecular formula is C14H14ClNO3. The molecule has 19 heavy (non-hydrogen) atoms. The number of carbonyl (C=O) groups is 1. The maximum absolute atomic E-state index is 10.9. The van der Waals surface area contributed by atoms with Crippen molar-refractivity contribution in [2.24, 2.45) is 5.73 Å². The van der Waals surface area contributed by atoms with Crippen molar-refractivity contribution in [1.82, 2.24) is 0 Å². The number of rotatable bonds is 5. The van der Waals surface area contributed by atoms with E-state index in [4.69, 9.17) is 26.8 Å². The summed E-state index contributed by atoms with van der Waals surface area (Å²) in [6.45, 7) is 0.545. The Labute approximate surface area is 116 Å². The number of carbonyl (C=O) groups excluding carboxylic acids is 1. The van der Waals surface area contributed by atoms with Crippen LogP contribution in [0, 0.1) is 0 Å². The van der Waals surface area contributed by atoms with E-state index in [1.807, 2.05) is 24.3 Å². The van der Waals surface area contributed by atoms with E-state index in [1.165, 1.54) is 0 Å². The summed E-state index contributed by atoms with van der Waals surface area (Å²) in [6.07, 6.45) is -0.0592. The Hall–Kier alpha value is -1.94. The van der Waals surface area contributed by atoms with Crippen LogP contribution in [-0.4, -0.2) is 18.6 Å². The van der Waals surface area contributed by atoms with Gasteiger partial charge in [-0.2, -0.15) is 0 Å². The van der Waals surface area contributed by atoms with Crippen molar-refractivity contribution in [3.8, 4) is 11.5 Å². The lowest BCUT2D eigenvalue weighted by Gasteiger charge is -2.11. The zero-order valence-corrected chi connectivity index (χ0v) is 11.0. The molecule has 0 spiro atoms. The predicted octanol–water partition coefficient (Wildman–Crippen LogP) is 3.31. The van der Waals surface area contributed by atoms with Crippen LogP contribution in [0.4, 0.5) is 4.79 Å². The summed E-state index contributed by atoms with van der Waals surface area (Å²) in [5.74, 6) is 1.71. The molecule has 0 aromatic heterocycles. The number of fused-ring (bicyclic) bond motifs is 1. The van der Waals surface area contributed by atoms with Gasteiger partial charge in [-0.05, 0) is 18.6 Å². The Kier molecular flexibility index (Phi) is 4.47. The maximum Gasteiger partial charge on any atom is 0.409 e. The molecule has 0 atom stereocenters. The van der Waals surface area contributed by atoms with Crippen LogP contribution in [0.3, 0.4) is 0 Å². The zero-order chi connectivity index (χ0) is 13.7. The van der Waals surface area contributed by atoms with Gasteiger partial charge in [-0.25, -0.2) is 4.79 Å². The van der Waals surface area contributed by atoms with Gasteiger partial charge < -0.3 is 15.2 Å². The molecule has 1 amide bonds. The van der Waals surface area contributed by atoms with Crippen molar-refractivity contribution in [2.45, 2.75) is 6.42 Å². The Balaban J connectivity index is 2.37. The van der Waals surface area contributed by atoms with Gasteiger partial charge in [-0.15, -0.1) is 11.6 Å². The average Bonchev–Trinajstić information content (AvgIpc) is 2.41. The molecule has 2 N–H and O–H groups in total. The van der Waals surface area contributed by atoms with Crippen molar-refractivity contribution < 1.29 is 14.3 Å². The van der Waals surface area contributed by atoms with Crippen molar-refractivity contribution in [2.75, 3.05) is 12.5 Å². The second-order valence-corrected chi connectivity index (χ2v) is 4.30. The number of hydrogen-bond acceptors (Lipinski definition) is 3. The standard InChI is InChI=1S/C14H14ClNO3/c15-8-3-9-18-12-6-7-13(19-14(16)17)11-5-2-1-4-10(11)12/h1-2,4-7H,3,8-9H2,(H2,16,17). The van der Waals surface area contributed by atoms with Crippen LogP contribution < -0.4 is 15.2 Å². The van der Waals surface area contributed by atoms with Crippen LogP contribution >= 0.6 is 11.6 Å². The van der Waals surface area contributed by atoms with Crippen LogP contribution in [0.15, 0.2) is 36.4 Å². The normalized spacial score (nSPS) is 10.4. The number of alkyl halides is 1. The highest BCUT2D eigenvalue weighted by Crippen LogP contribution is 2.33. The second-order valence-electron chi connectivity index (χ2n) is 3.92. The van der Waals surface area contributed by atoms with Gasteiger partial charge >= 0.3 is 6.09 Å². The van der Waals surface area contributed by atoms with E-state index in [2.05, 4.69) is 0 Å². The summed E-state index contributed by atoms with van der Waals surface area (Å²) in [6, 6.07) is 10.9. The summed E-state index contributed by atoms with van der Waals surface area (Å²) in [7, 11) is 0. The number of primary amides is 1. The van der Waals surface area contributed by atoms with Crippen LogP contribution in [0.25, 0.3) is 10.8 Å². The van der Waals surface area contributed by atoms with Gasteiger partial charge in [0.25, 0.3) is 0 Å². The van der Waals surface area contributed by atoms with Crippen LogP contribution in [-0.2, 0) is 0 Å². The largest absolute Gasteiger partial charge is 0.493 e. The highest BCUT2D eigenvalue weighted by molar-refractivity contribution is 6.17. The van der Waals surface area contributed by atoms with Gasteiger partial charge in [0.1, 0.15) is 11.5 Å². The molecule has 0 unspecified atom stereocenters. The Morgan fingerprint density at radius 1 is 1.11 bits per heavy atom. The van der Waals surface area contributed by atoms with Crippen LogP contribution in [0.2, 0.25) is 0 Å². The maximum atomic E-state index is 10.9. The van der Waals surface area contributed by atoms with Gasteiger partial charge in [0.2, 0.25) is 0 Å². The first-order valence-electron chi connectivity index (χ1n) is 5.90. The fourth-order valence-corrected chi connectivity index (χ4v) is 1.91. The molecule has 5 heteroatoms. The lowest BCUT2D eigenvalue weighted by Crippen LogP contribution is -2.16. The number of ether oxygens (including phenoxy) is 2. The summed E-state index contributed by atoms with van der Waals surface area (Å²) in [5.41, 5.74) is 5.04. The molecule has 0 aliphatic heterocycles. The second kappa shape index (κ2) is 6.29. The van der Waals surface area contributed by atoms with Crippen molar-refractivity contribution in [3.05, 3.63) is 36.4 Å². The summed E-state index contributed by atoms with van der Waals surface area (Å²) in [5, 5.41) is 1.65. The topological polar surface area (TPSA) is 61.6 Å². The minimum Gasteiger partial charge on any atom is -0.493 e. The highest BCUT2D eigenvalue weighted by Gasteiger charge is 2.09. The van der Waals surface area contributed by atoms with Crippen LogP contribution in [0.1, 0.15) is 6.42 Å².